The van der Waals surface area contributed by atoms with E-state index in [1.54, 1.807) is 12.3 Å². The number of hydrogen-bond donors (Lipinski definition) is 0. The number of rotatable bonds is 4. The first kappa shape index (κ1) is 15.0. The molecule has 2 aromatic rings. The zero-order valence-electron chi connectivity index (χ0n) is 13.3. The fourth-order valence-electron chi connectivity index (χ4n) is 3.50. The molecule has 5 nitrogen and oxygen atoms in total. The van der Waals surface area contributed by atoms with Crippen LogP contribution in [-0.4, -0.2) is 44.4 Å². The largest absolute Gasteiger partial charge is 0.338 e. The van der Waals surface area contributed by atoms with Gasteiger partial charge in [-0.1, -0.05) is 13.8 Å². The van der Waals surface area contributed by atoms with Crippen molar-refractivity contribution in [3.05, 3.63) is 35.7 Å². The summed E-state index contributed by atoms with van der Waals surface area (Å²) in [6.45, 7) is 6.99. The molecule has 0 amide bonds. The molecule has 2 unspecified atom stereocenters. The van der Waals surface area contributed by atoms with Crippen LogP contribution in [0.2, 0.25) is 0 Å². The van der Waals surface area contributed by atoms with Gasteiger partial charge in [0.05, 0.1) is 6.20 Å². The van der Waals surface area contributed by atoms with Gasteiger partial charge < -0.3 is 4.90 Å². The van der Waals surface area contributed by atoms with E-state index in [9.17, 15) is 4.39 Å². The molecule has 23 heavy (non-hydrogen) atoms. The van der Waals surface area contributed by atoms with Gasteiger partial charge in [0.2, 0.25) is 5.13 Å². The summed E-state index contributed by atoms with van der Waals surface area (Å²) in [5, 5.41) is 1.06. The predicted molar refractivity (Wildman–Crippen MR) is 88.1 cm³/mol. The molecule has 0 N–H and O–H groups in total. The van der Waals surface area contributed by atoms with Crippen LogP contribution in [-0.2, 0) is 6.54 Å². The Balaban J connectivity index is 1.41. The topological polar surface area (TPSA) is 45.2 Å². The average Bonchev–Trinajstić information content (AvgIpc) is 2.96. The minimum Gasteiger partial charge on any atom is -0.338 e. The van der Waals surface area contributed by atoms with E-state index in [1.165, 1.54) is 24.2 Å². The third-order valence-electron chi connectivity index (χ3n) is 4.60. The lowest BCUT2D eigenvalue weighted by Gasteiger charge is -2.56. The zero-order chi connectivity index (χ0) is 16.0. The molecule has 0 radical (unpaired) electrons. The fraction of sp³-hybridized carbons (Fsp3) is 0.562. The monoisotopic (exact) mass is 333 g/mol. The second-order valence-corrected chi connectivity index (χ2v) is 7.48. The maximum absolute atomic E-state index is 13.3. The quantitative estimate of drug-likeness (QED) is 0.861. The summed E-state index contributed by atoms with van der Waals surface area (Å²) in [7, 11) is 0. The number of anilines is 1. The van der Waals surface area contributed by atoms with Gasteiger partial charge in [0.15, 0.2) is 0 Å². The van der Waals surface area contributed by atoms with Gasteiger partial charge in [-0.2, -0.15) is 4.37 Å². The maximum Gasteiger partial charge on any atom is 0.205 e. The Morgan fingerprint density at radius 3 is 2.74 bits per heavy atom. The molecular weight excluding hydrogens is 313 g/mol. The van der Waals surface area contributed by atoms with Crippen molar-refractivity contribution in [2.45, 2.75) is 44.8 Å². The van der Waals surface area contributed by atoms with Crippen molar-refractivity contribution < 1.29 is 4.39 Å². The van der Waals surface area contributed by atoms with Crippen LogP contribution in [0.5, 0.6) is 0 Å². The number of nitrogens with zero attached hydrogens (tertiary/aromatic N) is 5. The molecule has 0 spiro atoms. The van der Waals surface area contributed by atoms with Crippen LogP contribution in [0.15, 0.2) is 18.5 Å². The zero-order valence-corrected chi connectivity index (χ0v) is 14.1. The Morgan fingerprint density at radius 2 is 2.09 bits per heavy atom. The summed E-state index contributed by atoms with van der Waals surface area (Å²) in [5.74, 6) is 1.05. The molecule has 2 aromatic heterocycles. The first-order valence-corrected chi connectivity index (χ1v) is 8.81. The highest BCUT2D eigenvalue weighted by Crippen LogP contribution is 2.38. The Bertz CT molecular complexity index is 691. The summed E-state index contributed by atoms with van der Waals surface area (Å²) in [5.41, 5.74) is 0.941. The molecule has 0 aliphatic carbocycles. The summed E-state index contributed by atoms with van der Waals surface area (Å²) in [4.78, 5) is 13.4. The van der Waals surface area contributed by atoms with Gasteiger partial charge >= 0.3 is 0 Å². The third kappa shape index (κ3) is 2.83. The van der Waals surface area contributed by atoms with E-state index >= 15 is 0 Å². The van der Waals surface area contributed by atoms with Crippen molar-refractivity contribution in [2.24, 2.45) is 0 Å². The number of piperazine rings is 1. The molecule has 0 saturated carbocycles. The van der Waals surface area contributed by atoms with Gasteiger partial charge in [-0.3, -0.25) is 9.88 Å². The van der Waals surface area contributed by atoms with E-state index in [4.69, 9.17) is 4.98 Å². The van der Waals surface area contributed by atoms with Crippen molar-refractivity contribution in [1.29, 1.82) is 0 Å². The molecule has 3 fully saturated rings. The molecule has 5 heterocycles. The second-order valence-electron chi connectivity index (χ2n) is 6.75. The first-order chi connectivity index (χ1) is 11.1. The van der Waals surface area contributed by atoms with Crippen molar-refractivity contribution >= 4 is 16.7 Å². The van der Waals surface area contributed by atoms with E-state index in [2.05, 4.69) is 33.0 Å². The van der Waals surface area contributed by atoms with E-state index in [1.807, 2.05) is 0 Å². The molecule has 7 heteroatoms. The minimum atomic E-state index is -0.263. The van der Waals surface area contributed by atoms with E-state index < -0.39 is 0 Å². The van der Waals surface area contributed by atoms with Crippen LogP contribution < -0.4 is 4.90 Å². The van der Waals surface area contributed by atoms with Gasteiger partial charge in [0.1, 0.15) is 11.6 Å². The maximum atomic E-state index is 13.3. The summed E-state index contributed by atoms with van der Waals surface area (Å²) in [6, 6.07) is 2.58. The SMILES string of the molecule is CC(C)c1nsc(N2C3CC2CN(Cc2cncc(F)c2)C3)n1. The van der Waals surface area contributed by atoms with Gasteiger partial charge in [-0.15, -0.1) is 0 Å². The number of pyridine rings is 1. The number of halogens is 1. The van der Waals surface area contributed by atoms with E-state index in [-0.39, 0.29) is 5.82 Å². The Kier molecular flexibility index (Phi) is 3.77. The van der Waals surface area contributed by atoms with Gasteiger partial charge in [-0.25, -0.2) is 9.37 Å². The standard InChI is InChI=1S/C16H20FN5S/c1-10(2)15-19-16(23-20-15)22-13-4-14(22)9-21(8-13)7-11-3-12(17)6-18-5-11/h3,5-6,10,13-14H,4,7-9H2,1-2H3. The molecule has 122 valence electrons. The normalized spacial score (nSPS) is 24.1. The molecule has 2 bridgehead atoms. The molecular formula is C16H20FN5S. The minimum absolute atomic E-state index is 0.263. The Morgan fingerprint density at radius 1 is 1.30 bits per heavy atom. The summed E-state index contributed by atoms with van der Waals surface area (Å²) < 4.78 is 17.7. The lowest BCUT2D eigenvalue weighted by molar-refractivity contribution is 0.108. The van der Waals surface area contributed by atoms with Crippen molar-refractivity contribution in [2.75, 3.05) is 18.0 Å². The van der Waals surface area contributed by atoms with Crippen LogP contribution in [0.25, 0.3) is 0 Å². The predicted octanol–water partition coefficient (Wildman–Crippen LogP) is 2.66. The Labute approximate surface area is 139 Å². The highest BCUT2D eigenvalue weighted by molar-refractivity contribution is 7.09. The fourth-order valence-corrected chi connectivity index (χ4v) is 4.46. The Hall–Kier alpha value is -1.60. The highest BCUT2D eigenvalue weighted by Gasteiger charge is 2.46. The number of aromatic nitrogens is 3. The third-order valence-corrected chi connectivity index (χ3v) is 5.35. The first-order valence-electron chi connectivity index (χ1n) is 8.04. The van der Waals surface area contributed by atoms with Crippen LogP contribution in [0.1, 0.15) is 37.6 Å². The molecule has 5 rings (SSSR count). The lowest BCUT2D eigenvalue weighted by atomic mass is 9.88. The number of hydrogen-bond acceptors (Lipinski definition) is 6. The lowest BCUT2D eigenvalue weighted by Crippen LogP contribution is -2.68. The van der Waals surface area contributed by atoms with E-state index in [0.29, 0.717) is 18.0 Å². The molecule has 3 aliphatic rings. The van der Waals surface area contributed by atoms with Crippen LogP contribution in [0, 0.1) is 5.82 Å². The van der Waals surface area contributed by atoms with Gasteiger partial charge in [0, 0.05) is 55.4 Å². The molecule has 3 saturated heterocycles. The number of piperidine rings is 1. The van der Waals surface area contributed by atoms with Crippen molar-refractivity contribution in [1.82, 2.24) is 19.2 Å². The summed E-state index contributed by atoms with van der Waals surface area (Å²) in [6.07, 6.45) is 4.22. The van der Waals surface area contributed by atoms with Crippen molar-refractivity contribution in [3.63, 3.8) is 0 Å². The van der Waals surface area contributed by atoms with Crippen LogP contribution in [0.4, 0.5) is 9.52 Å². The van der Waals surface area contributed by atoms with Gasteiger partial charge in [0.25, 0.3) is 0 Å². The summed E-state index contributed by atoms with van der Waals surface area (Å²) >= 11 is 1.51. The van der Waals surface area contributed by atoms with Crippen LogP contribution in [0.3, 0.4) is 0 Å². The van der Waals surface area contributed by atoms with E-state index in [0.717, 1.165) is 36.2 Å². The molecule has 2 atom stereocenters. The average molecular weight is 333 g/mol. The highest BCUT2D eigenvalue weighted by atomic mass is 32.1. The smallest absolute Gasteiger partial charge is 0.205 e. The second kappa shape index (κ2) is 5.79. The van der Waals surface area contributed by atoms with Gasteiger partial charge in [-0.05, 0) is 18.1 Å². The van der Waals surface area contributed by atoms with Crippen molar-refractivity contribution in [3.8, 4) is 0 Å². The van der Waals surface area contributed by atoms with Crippen LogP contribution >= 0.6 is 11.5 Å². The molecule has 3 aliphatic heterocycles. The number of fused-ring (bicyclic) bond motifs is 2. The molecule has 0 aromatic carbocycles.